The van der Waals surface area contributed by atoms with Crippen LogP contribution < -0.4 is 10.6 Å². The van der Waals surface area contributed by atoms with Crippen molar-refractivity contribution in [1.82, 2.24) is 19.8 Å². The fraction of sp³-hybridized carbons (Fsp3) is 0.353. The van der Waals surface area contributed by atoms with Gasteiger partial charge in [-0.05, 0) is 37.1 Å². The average Bonchev–Trinajstić information content (AvgIpc) is 2.99. The second kappa shape index (κ2) is 6.24. The number of anilines is 1. The minimum absolute atomic E-state index is 0.120. The molecule has 0 spiro atoms. The topological polar surface area (TPSA) is 72.3 Å². The van der Waals surface area contributed by atoms with Crippen LogP contribution in [-0.4, -0.2) is 38.9 Å². The van der Waals surface area contributed by atoms with Gasteiger partial charge >= 0.3 is 0 Å². The maximum atomic E-state index is 14.1. The second-order valence-corrected chi connectivity index (χ2v) is 6.50. The first-order valence-corrected chi connectivity index (χ1v) is 8.28. The van der Waals surface area contributed by atoms with Crippen LogP contribution in [0.3, 0.4) is 0 Å². The normalized spacial score (nSPS) is 20.7. The summed E-state index contributed by atoms with van der Waals surface area (Å²) in [6.07, 6.45) is 0.504. The molecule has 4 rings (SSSR count). The molecule has 0 radical (unpaired) electrons. The van der Waals surface area contributed by atoms with Crippen molar-refractivity contribution in [2.45, 2.75) is 25.3 Å². The molecule has 1 aliphatic rings. The van der Waals surface area contributed by atoms with Gasteiger partial charge in [0.2, 0.25) is 0 Å². The predicted octanol–water partition coefficient (Wildman–Crippen LogP) is 2.17. The highest BCUT2D eigenvalue weighted by Gasteiger charge is 2.31. The molecule has 1 fully saturated rings. The lowest BCUT2D eigenvalue weighted by Gasteiger charge is -2.37. The number of fused-ring (bicyclic) bond motifs is 1. The molecule has 0 bridgehead atoms. The molecule has 2 atom stereocenters. The van der Waals surface area contributed by atoms with Gasteiger partial charge in [-0.2, -0.15) is 4.52 Å². The van der Waals surface area contributed by atoms with Crippen molar-refractivity contribution < 1.29 is 13.2 Å². The van der Waals surface area contributed by atoms with Gasteiger partial charge in [0.1, 0.15) is 11.6 Å². The smallest absolute Gasteiger partial charge is 0.178 e. The Bertz CT molecular complexity index is 973. The molecule has 1 saturated heterocycles. The van der Waals surface area contributed by atoms with Crippen molar-refractivity contribution in [2.75, 3.05) is 18.0 Å². The molecule has 0 amide bonds. The van der Waals surface area contributed by atoms with Crippen LogP contribution in [0, 0.1) is 24.4 Å². The minimum atomic E-state index is -1.20. The summed E-state index contributed by atoms with van der Waals surface area (Å²) in [5, 5.41) is 12.5. The van der Waals surface area contributed by atoms with Crippen molar-refractivity contribution in [1.29, 1.82) is 0 Å². The summed E-state index contributed by atoms with van der Waals surface area (Å²) in [7, 11) is 0. The Morgan fingerprint density at radius 3 is 2.62 bits per heavy atom. The van der Waals surface area contributed by atoms with E-state index in [0.717, 1.165) is 6.07 Å². The highest BCUT2D eigenvalue weighted by molar-refractivity contribution is 5.46. The van der Waals surface area contributed by atoms with Crippen LogP contribution in [0.2, 0.25) is 0 Å². The van der Waals surface area contributed by atoms with Gasteiger partial charge < -0.3 is 10.6 Å². The van der Waals surface area contributed by atoms with E-state index in [4.69, 9.17) is 5.73 Å². The van der Waals surface area contributed by atoms with Gasteiger partial charge in [-0.25, -0.2) is 13.2 Å². The zero-order valence-electron chi connectivity index (χ0n) is 14.0. The SMILES string of the molecule is Cc1nnc2ccc(N3CC[C@H](c4cc(F)c(F)cc4F)C(N)C3)nn12. The maximum absolute atomic E-state index is 14.1. The van der Waals surface area contributed by atoms with Crippen molar-refractivity contribution in [3.8, 4) is 0 Å². The van der Waals surface area contributed by atoms with Gasteiger partial charge in [0.25, 0.3) is 0 Å². The van der Waals surface area contributed by atoms with Crippen LogP contribution in [0.15, 0.2) is 24.3 Å². The Hall–Kier alpha value is -2.68. The molecule has 3 aromatic rings. The number of nitrogens with two attached hydrogens (primary N) is 1. The van der Waals surface area contributed by atoms with E-state index in [9.17, 15) is 13.2 Å². The van der Waals surface area contributed by atoms with Crippen molar-refractivity contribution in [3.63, 3.8) is 0 Å². The first-order valence-electron chi connectivity index (χ1n) is 8.28. The number of halogens is 3. The predicted molar refractivity (Wildman–Crippen MR) is 89.4 cm³/mol. The molecule has 0 aliphatic carbocycles. The number of nitrogens with zero attached hydrogens (tertiary/aromatic N) is 5. The fourth-order valence-corrected chi connectivity index (χ4v) is 3.45. The monoisotopic (exact) mass is 362 g/mol. The Balaban J connectivity index is 1.58. The first kappa shape index (κ1) is 16.8. The molecule has 6 nitrogen and oxygen atoms in total. The molecular weight excluding hydrogens is 345 g/mol. The number of rotatable bonds is 2. The minimum Gasteiger partial charge on any atom is -0.354 e. The summed E-state index contributed by atoms with van der Waals surface area (Å²) in [4.78, 5) is 1.98. The van der Waals surface area contributed by atoms with E-state index >= 15 is 0 Å². The van der Waals surface area contributed by atoms with Gasteiger partial charge in [0, 0.05) is 31.1 Å². The van der Waals surface area contributed by atoms with Crippen LogP contribution in [0.1, 0.15) is 23.7 Å². The maximum Gasteiger partial charge on any atom is 0.178 e. The van der Waals surface area contributed by atoms with Crippen molar-refractivity contribution in [2.24, 2.45) is 5.73 Å². The zero-order valence-corrected chi connectivity index (χ0v) is 14.0. The summed E-state index contributed by atoms with van der Waals surface area (Å²) >= 11 is 0. The van der Waals surface area contributed by atoms with E-state index in [1.54, 1.807) is 11.4 Å². The van der Waals surface area contributed by atoms with Crippen LogP contribution in [-0.2, 0) is 0 Å². The number of aryl methyl sites for hydroxylation is 1. The first-order chi connectivity index (χ1) is 12.4. The fourth-order valence-electron chi connectivity index (χ4n) is 3.45. The van der Waals surface area contributed by atoms with Crippen molar-refractivity contribution >= 4 is 11.5 Å². The molecule has 2 N–H and O–H groups in total. The van der Waals surface area contributed by atoms with Gasteiger partial charge in [-0.1, -0.05) is 0 Å². The summed E-state index contributed by atoms with van der Waals surface area (Å²) in [6.45, 7) is 2.79. The lowest BCUT2D eigenvalue weighted by molar-refractivity contribution is 0.415. The van der Waals surface area contributed by atoms with Crippen molar-refractivity contribution in [3.05, 3.63) is 53.1 Å². The molecule has 3 heterocycles. The van der Waals surface area contributed by atoms with Gasteiger partial charge in [-0.15, -0.1) is 15.3 Å². The van der Waals surface area contributed by atoms with Crippen LogP contribution >= 0.6 is 0 Å². The quantitative estimate of drug-likeness (QED) is 0.708. The number of aromatic nitrogens is 4. The van der Waals surface area contributed by atoms with Crippen LogP contribution in [0.4, 0.5) is 19.0 Å². The third-order valence-corrected chi connectivity index (χ3v) is 4.83. The lowest BCUT2D eigenvalue weighted by Crippen LogP contribution is -2.48. The molecule has 0 saturated carbocycles. The lowest BCUT2D eigenvalue weighted by atomic mass is 9.85. The van der Waals surface area contributed by atoms with Crippen LogP contribution in [0.5, 0.6) is 0 Å². The highest BCUT2D eigenvalue weighted by Crippen LogP contribution is 2.32. The van der Waals surface area contributed by atoms with E-state index in [1.807, 2.05) is 17.0 Å². The van der Waals surface area contributed by atoms with E-state index in [0.29, 0.717) is 42.9 Å². The highest BCUT2D eigenvalue weighted by atomic mass is 19.2. The number of hydrogen-bond acceptors (Lipinski definition) is 5. The summed E-state index contributed by atoms with van der Waals surface area (Å²) in [5.74, 6) is -2.03. The summed E-state index contributed by atoms with van der Waals surface area (Å²) in [5.41, 5.74) is 7.00. The summed E-state index contributed by atoms with van der Waals surface area (Å²) in [6, 6.07) is 4.69. The third-order valence-electron chi connectivity index (χ3n) is 4.83. The number of benzene rings is 1. The third kappa shape index (κ3) is 2.78. The molecule has 136 valence electrons. The molecule has 26 heavy (non-hydrogen) atoms. The molecular formula is C17H17F3N6. The Morgan fingerprint density at radius 2 is 1.85 bits per heavy atom. The molecule has 9 heteroatoms. The summed E-state index contributed by atoms with van der Waals surface area (Å²) < 4.78 is 42.4. The van der Waals surface area contributed by atoms with Gasteiger partial charge in [0.15, 0.2) is 23.1 Å². The Morgan fingerprint density at radius 1 is 1.08 bits per heavy atom. The zero-order chi connectivity index (χ0) is 18.4. The standard InChI is InChI=1S/C17H17F3N6/c1-9-22-23-16-2-3-17(24-26(9)16)25-5-4-10(15(21)8-25)11-6-13(19)14(20)7-12(11)18/h2-3,6-7,10,15H,4-5,8,21H2,1H3/t10-,15?/m1/s1. The van der Waals surface area contributed by atoms with Crippen LogP contribution in [0.25, 0.3) is 5.65 Å². The number of hydrogen-bond donors (Lipinski definition) is 1. The van der Waals surface area contributed by atoms with E-state index in [2.05, 4.69) is 15.3 Å². The second-order valence-electron chi connectivity index (χ2n) is 6.50. The van der Waals surface area contributed by atoms with Gasteiger partial charge in [-0.3, -0.25) is 0 Å². The van der Waals surface area contributed by atoms with E-state index < -0.39 is 23.5 Å². The van der Waals surface area contributed by atoms with Gasteiger partial charge in [0.05, 0.1) is 0 Å². The molecule has 1 aromatic carbocycles. The van der Waals surface area contributed by atoms with E-state index in [-0.39, 0.29) is 11.5 Å². The largest absolute Gasteiger partial charge is 0.354 e. The Labute approximate surface area is 147 Å². The average molecular weight is 362 g/mol. The molecule has 1 aliphatic heterocycles. The Kier molecular flexibility index (Phi) is 4.03. The molecule has 1 unspecified atom stereocenters. The van der Waals surface area contributed by atoms with E-state index in [1.165, 1.54) is 0 Å². The molecule has 2 aromatic heterocycles. The number of piperidine rings is 1.